The Kier molecular flexibility index (Phi) is 5.43. The van der Waals surface area contributed by atoms with Gasteiger partial charge >= 0.3 is 0 Å². The molecule has 0 saturated carbocycles. The number of aromatic nitrogens is 3. The zero-order valence-electron chi connectivity index (χ0n) is 14.2. The fourth-order valence-electron chi connectivity index (χ4n) is 3.03. The Hall–Kier alpha value is -2.28. The number of aryl methyl sites for hydroxylation is 1. The third-order valence-corrected chi connectivity index (χ3v) is 4.71. The van der Waals surface area contributed by atoms with Crippen LogP contribution >= 0.6 is 11.6 Å². The molecule has 0 bridgehead atoms. The van der Waals surface area contributed by atoms with E-state index in [1.165, 1.54) is 19.6 Å². The summed E-state index contributed by atoms with van der Waals surface area (Å²) in [7, 11) is 1.49. The van der Waals surface area contributed by atoms with Crippen molar-refractivity contribution in [3.63, 3.8) is 0 Å². The van der Waals surface area contributed by atoms with Crippen molar-refractivity contribution in [2.75, 3.05) is 19.4 Å². The van der Waals surface area contributed by atoms with Crippen molar-refractivity contribution in [2.45, 2.75) is 38.6 Å². The monoisotopic (exact) mass is 363 g/mol. The number of anilines is 1. The summed E-state index contributed by atoms with van der Waals surface area (Å²) in [4.78, 5) is 12.4. The van der Waals surface area contributed by atoms with Crippen molar-refractivity contribution >= 4 is 23.2 Å². The number of hydrogen-bond donors (Lipinski definition) is 2. The number of rotatable bonds is 5. The maximum atomic E-state index is 12.4. The maximum Gasteiger partial charge on any atom is 0.255 e. The molecule has 134 valence electrons. The molecule has 3 N–H and O–H groups in total. The zero-order valence-corrected chi connectivity index (χ0v) is 15.0. The van der Waals surface area contributed by atoms with E-state index >= 15 is 0 Å². The molecule has 2 aromatic rings. The molecule has 25 heavy (non-hydrogen) atoms. The van der Waals surface area contributed by atoms with E-state index in [0.29, 0.717) is 35.0 Å². The fourth-order valence-corrected chi connectivity index (χ4v) is 3.19. The number of methoxy groups -OCH3 is 1. The summed E-state index contributed by atoms with van der Waals surface area (Å²) < 4.78 is 7.40. The molecule has 1 amide bonds. The van der Waals surface area contributed by atoms with E-state index < -0.39 is 0 Å². The lowest BCUT2D eigenvalue weighted by atomic mass is 10.1. The number of benzene rings is 1. The van der Waals surface area contributed by atoms with Crippen molar-refractivity contribution in [3.8, 4) is 5.75 Å². The second kappa shape index (κ2) is 7.74. The van der Waals surface area contributed by atoms with E-state index in [-0.39, 0.29) is 5.91 Å². The number of amides is 1. The first kappa shape index (κ1) is 17.5. The quantitative estimate of drug-likeness (QED) is 0.794. The molecule has 0 atom stereocenters. The Morgan fingerprint density at radius 2 is 2.20 bits per heavy atom. The standard InChI is InChI=1S/C17H22ClN5O2/c1-25-14-10-13(19)12(18)9-11(14)17(24)20-7-6-16-22-21-15-5-3-2-4-8-23(15)16/h9-10H,2-8,19H2,1H3,(H,20,24). The molecule has 0 aliphatic carbocycles. The second-order valence-electron chi connectivity index (χ2n) is 6.07. The van der Waals surface area contributed by atoms with Crippen LogP contribution < -0.4 is 15.8 Å². The van der Waals surface area contributed by atoms with E-state index in [2.05, 4.69) is 20.1 Å². The summed E-state index contributed by atoms with van der Waals surface area (Å²) in [5.41, 5.74) is 6.48. The molecule has 0 saturated heterocycles. The first-order chi connectivity index (χ1) is 12.1. The van der Waals surface area contributed by atoms with Crippen LogP contribution in [0, 0.1) is 0 Å². The Morgan fingerprint density at radius 3 is 3.00 bits per heavy atom. The normalized spacial score (nSPS) is 13.8. The average Bonchev–Trinajstić information content (AvgIpc) is 2.83. The van der Waals surface area contributed by atoms with E-state index in [4.69, 9.17) is 22.1 Å². The van der Waals surface area contributed by atoms with Crippen LogP contribution in [0.4, 0.5) is 5.69 Å². The Bertz CT molecular complexity index is 775. The number of carbonyl (C=O) groups is 1. The van der Waals surface area contributed by atoms with E-state index in [1.807, 2.05) is 0 Å². The van der Waals surface area contributed by atoms with E-state index in [9.17, 15) is 4.79 Å². The average molecular weight is 364 g/mol. The third kappa shape index (κ3) is 3.87. The summed E-state index contributed by atoms with van der Waals surface area (Å²) >= 11 is 6.01. The minimum atomic E-state index is -0.255. The number of nitrogens with zero attached hydrogens (tertiary/aromatic N) is 3. The highest BCUT2D eigenvalue weighted by molar-refractivity contribution is 6.33. The molecular formula is C17H22ClN5O2. The van der Waals surface area contributed by atoms with Crippen LogP contribution in [0.5, 0.6) is 5.75 Å². The Balaban J connectivity index is 1.64. The summed E-state index contributed by atoms with van der Waals surface area (Å²) in [6.07, 6.45) is 5.12. The largest absolute Gasteiger partial charge is 0.496 e. The zero-order chi connectivity index (χ0) is 17.8. The number of nitrogens with two attached hydrogens (primary N) is 1. The van der Waals surface area contributed by atoms with Gasteiger partial charge in [0.2, 0.25) is 0 Å². The van der Waals surface area contributed by atoms with Gasteiger partial charge in [-0.15, -0.1) is 10.2 Å². The van der Waals surface area contributed by atoms with Gasteiger partial charge in [0.05, 0.1) is 23.4 Å². The van der Waals surface area contributed by atoms with Gasteiger partial charge in [0.25, 0.3) is 5.91 Å². The third-order valence-electron chi connectivity index (χ3n) is 4.38. The molecule has 0 fully saturated rings. The van der Waals surface area contributed by atoms with Crippen LogP contribution in [-0.4, -0.2) is 34.3 Å². The first-order valence-electron chi connectivity index (χ1n) is 8.42. The van der Waals surface area contributed by atoms with Crippen LogP contribution in [0.2, 0.25) is 5.02 Å². The smallest absolute Gasteiger partial charge is 0.255 e. The van der Waals surface area contributed by atoms with Crippen molar-refractivity contribution in [1.29, 1.82) is 0 Å². The number of halogens is 1. The van der Waals surface area contributed by atoms with Crippen molar-refractivity contribution < 1.29 is 9.53 Å². The van der Waals surface area contributed by atoms with Crippen molar-refractivity contribution in [1.82, 2.24) is 20.1 Å². The minimum absolute atomic E-state index is 0.255. The van der Waals surface area contributed by atoms with E-state index in [1.54, 1.807) is 6.07 Å². The number of carbonyl (C=O) groups excluding carboxylic acids is 1. The van der Waals surface area contributed by atoms with Gasteiger partial charge in [-0.2, -0.15) is 0 Å². The summed E-state index contributed by atoms with van der Waals surface area (Å²) in [6, 6.07) is 3.07. The molecular weight excluding hydrogens is 342 g/mol. The lowest BCUT2D eigenvalue weighted by Crippen LogP contribution is -2.27. The van der Waals surface area contributed by atoms with Gasteiger partial charge in [-0.1, -0.05) is 18.0 Å². The molecule has 0 spiro atoms. The van der Waals surface area contributed by atoms with Crippen LogP contribution in [0.3, 0.4) is 0 Å². The number of fused-ring (bicyclic) bond motifs is 1. The number of hydrogen-bond acceptors (Lipinski definition) is 5. The van der Waals surface area contributed by atoms with Crippen LogP contribution in [0.25, 0.3) is 0 Å². The van der Waals surface area contributed by atoms with Gasteiger partial charge in [0, 0.05) is 32.0 Å². The van der Waals surface area contributed by atoms with Gasteiger partial charge in [0.15, 0.2) is 0 Å². The predicted molar refractivity (Wildman–Crippen MR) is 96.0 cm³/mol. The van der Waals surface area contributed by atoms with E-state index in [0.717, 1.165) is 37.5 Å². The predicted octanol–water partition coefficient (Wildman–Crippen LogP) is 2.22. The van der Waals surface area contributed by atoms with Gasteiger partial charge in [-0.3, -0.25) is 4.79 Å². The first-order valence-corrected chi connectivity index (χ1v) is 8.80. The van der Waals surface area contributed by atoms with Crippen molar-refractivity contribution in [2.24, 2.45) is 0 Å². The Morgan fingerprint density at radius 1 is 1.36 bits per heavy atom. The molecule has 0 radical (unpaired) electrons. The second-order valence-corrected chi connectivity index (χ2v) is 6.48. The summed E-state index contributed by atoms with van der Waals surface area (Å²) in [5, 5.41) is 11.7. The lowest BCUT2D eigenvalue weighted by Gasteiger charge is -2.11. The number of nitrogens with one attached hydrogen (secondary N) is 1. The van der Waals surface area contributed by atoms with Gasteiger partial charge in [-0.25, -0.2) is 0 Å². The number of nitrogen functional groups attached to an aromatic ring is 1. The van der Waals surface area contributed by atoms with Gasteiger partial charge in [0.1, 0.15) is 17.4 Å². The minimum Gasteiger partial charge on any atom is -0.496 e. The van der Waals surface area contributed by atoms with Crippen molar-refractivity contribution in [3.05, 3.63) is 34.4 Å². The van der Waals surface area contributed by atoms with Gasteiger partial charge < -0.3 is 20.4 Å². The number of ether oxygens (including phenoxy) is 1. The topological polar surface area (TPSA) is 95.1 Å². The molecule has 1 aromatic heterocycles. The molecule has 1 aliphatic heterocycles. The molecule has 2 heterocycles. The van der Waals surface area contributed by atoms with Gasteiger partial charge in [-0.05, 0) is 18.9 Å². The molecule has 1 aliphatic rings. The van der Waals surface area contributed by atoms with Crippen LogP contribution in [0.1, 0.15) is 41.3 Å². The molecule has 3 rings (SSSR count). The molecule has 0 unspecified atom stereocenters. The maximum absolute atomic E-state index is 12.4. The molecule has 1 aromatic carbocycles. The highest BCUT2D eigenvalue weighted by atomic mass is 35.5. The lowest BCUT2D eigenvalue weighted by molar-refractivity contribution is 0.0951. The summed E-state index contributed by atoms with van der Waals surface area (Å²) in [6.45, 7) is 1.41. The highest BCUT2D eigenvalue weighted by Gasteiger charge is 2.17. The highest BCUT2D eigenvalue weighted by Crippen LogP contribution is 2.28. The van der Waals surface area contributed by atoms with Crippen LogP contribution in [-0.2, 0) is 19.4 Å². The fraction of sp³-hybridized carbons (Fsp3) is 0.471. The molecule has 7 nitrogen and oxygen atoms in total. The Labute approximate surface area is 151 Å². The summed E-state index contributed by atoms with van der Waals surface area (Å²) in [5.74, 6) is 2.11. The van der Waals surface area contributed by atoms with Crippen LogP contribution in [0.15, 0.2) is 12.1 Å². The molecule has 8 heteroatoms. The SMILES string of the molecule is COc1cc(N)c(Cl)cc1C(=O)NCCc1nnc2n1CCCCC2.